The predicted molar refractivity (Wildman–Crippen MR) is 95.8 cm³/mol. The van der Waals surface area contributed by atoms with E-state index in [0.717, 1.165) is 25.7 Å². The van der Waals surface area contributed by atoms with Crippen LogP contribution in [0.5, 0.6) is 17.2 Å². The molecule has 7 heteroatoms. The van der Waals surface area contributed by atoms with E-state index in [1.54, 1.807) is 25.9 Å². The molecule has 0 spiro atoms. The largest absolute Gasteiger partial charge is 0.493 e. The Kier molecular flexibility index (Phi) is 5.75. The third-order valence-corrected chi connectivity index (χ3v) is 5.10. The number of ether oxygens (including phenoxy) is 3. The molecule has 1 aliphatic carbocycles. The van der Waals surface area contributed by atoms with Gasteiger partial charge in [-0.05, 0) is 37.8 Å². The second kappa shape index (κ2) is 8.20. The number of thiazole rings is 1. The van der Waals surface area contributed by atoms with Gasteiger partial charge in [-0.25, -0.2) is 0 Å². The van der Waals surface area contributed by atoms with E-state index in [4.69, 9.17) is 14.2 Å². The number of aromatic nitrogens is 1. The molecule has 1 aliphatic rings. The summed E-state index contributed by atoms with van der Waals surface area (Å²) in [6.07, 6.45) is 5.26. The molecule has 3 rings (SSSR count). The number of benzene rings is 1. The molecule has 1 saturated carbocycles. The Morgan fingerprint density at radius 3 is 2.56 bits per heavy atom. The minimum absolute atomic E-state index is 0.0404. The standard InChI is InChI=1S/C18H22N2O4S/c1-22-14-4-3-5-15(17(14)23-2)24-13-8-6-12(7-9-13)20-18(21)16-10-19-11-25-16/h3-5,10-13H,6-9H2,1-2H3,(H,20,21). The first kappa shape index (κ1) is 17.5. The Labute approximate surface area is 151 Å². The van der Waals surface area contributed by atoms with Crippen molar-refractivity contribution in [1.82, 2.24) is 10.3 Å². The highest BCUT2D eigenvalue weighted by Crippen LogP contribution is 2.38. The number of hydrogen-bond acceptors (Lipinski definition) is 6. The van der Waals surface area contributed by atoms with Crippen molar-refractivity contribution in [2.75, 3.05) is 14.2 Å². The fourth-order valence-electron chi connectivity index (χ4n) is 3.04. The summed E-state index contributed by atoms with van der Waals surface area (Å²) in [5.74, 6) is 1.93. The van der Waals surface area contributed by atoms with E-state index in [9.17, 15) is 4.79 Å². The van der Waals surface area contributed by atoms with E-state index in [-0.39, 0.29) is 18.1 Å². The van der Waals surface area contributed by atoms with Crippen molar-refractivity contribution in [3.8, 4) is 17.2 Å². The first-order valence-corrected chi connectivity index (χ1v) is 9.16. The molecule has 0 saturated heterocycles. The maximum Gasteiger partial charge on any atom is 0.263 e. The Morgan fingerprint density at radius 2 is 1.92 bits per heavy atom. The van der Waals surface area contributed by atoms with Crippen molar-refractivity contribution in [2.24, 2.45) is 0 Å². The first-order valence-electron chi connectivity index (χ1n) is 8.28. The van der Waals surface area contributed by atoms with Gasteiger partial charge in [0.15, 0.2) is 11.5 Å². The molecule has 0 aliphatic heterocycles. The summed E-state index contributed by atoms with van der Waals surface area (Å²) >= 11 is 1.36. The van der Waals surface area contributed by atoms with Crippen LogP contribution in [0.3, 0.4) is 0 Å². The van der Waals surface area contributed by atoms with Gasteiger partial charge in [0.2, 0.25) is 5.75 Å². The van der Waals surface area contributed by atoms with E-state index < -0.39 is 0 Å². The number of rotatable bonds is 6. The van der Waals surface area contributed by atoms with E-state index in [2.05, 4.69) is 10.3 Å². The molecule has 1 heterocycles. The topological polar surface area (TPSA) is 69.7 Å². The lowest BCUT2D eigenvalue weighted by Crippen LogP contribution is -2.39. The van der Waals surface area contributed by atoms with Crippen LogP contribution in [0.1, 0.15) is 35.4 Å². The fraction of sp³-hybridized carbons (Fsp3) is 0.444. The van der Waals surface area contributed by atoms with Gasteiger partial charge in [-0.15, -0.1) is 11.3 Å². The monoisotopic (exact) mass is 362 g/mol. The fourth-order valence-corrected chi connectivity index (χ4v) is 3.56. The molecule has 1 fully saturated rings. The SMILES string of the molecule is COc1cccc(OC2CCC(NC(=O)c3cncs3)CC2)c1OC. The Morgan fingerprint density at radius 1 is 1.16 bits per heavy atom. The number of hydrogen-bond donors (Lipinski definition) is 1. The number of carbonyl (C=O) groups is 1. The van der Waals surface area contributed by atoms with Crippen LogP contribution in [0.4, 0.5) is 0 Å². The van der Waals surface area contributed by atoms with Crippen LogP contribution in [0, 0.1) is 0 Å². The number of methoxy groups -OCH3 is 2. The van der Waals surface area contributed by atoms with Crippen LogP contribution >= 0.6 is 11.3 Å². The lowest BCUT2D eigenvalue weighted by molar-refractivity contribution is 0.0895. The molecule has 0 unspecified atom stereocenters. The van der Waals surface area contributed by atoms with Gasteiger partial charge in [-0.3, -0.25) is 9.78 Å². The molecule has 1 aromatic heterocycles. The van der Waals surface area contributed by atoms with E-state index in [1.807, 2.05) is 18.2 Å². The predicted octanol–water partition coefficient (Wildman–Crippen LogP) is 3.28. The Hall–Kier alpha value is -2.28. The highest BCUT2D eigenvalue weighted by atomic mass is 32.1. The normalized spacial score (nSPS) is 19.9. The number of nitrogens with one attached hydrogen (secondary N) is 1. The second-order valence-corrected chi connectivity index (χ2v) is 6.81. The van der Waals surface area contributed by atoms with E-state index >= 15 is 0 Å². The third kappa shape index (κ3) is 4.22. The van der Waals surface area contributed by atoms with Gasteiger partial charge in [0.05, 0.1) is 32.0 Å². The van der Waals surface area contributed by atoms with Crippen LogP contribution < -0.4 is 19.5 Å². The van der Waals surface area contributed by atoms with Gasteiger partial charge in [0, 0.05) is 6.04 Å². The molecule has 2 aromatic rings. The highest BCUT2D eigenvalue weighted by Gasteiger charge is 2.25. The smallest absolute Gasteiger partial charge is 0.263 e. The van der Waals surface area contributed by atoms with Gasteiger partial charge in [-0.1, -0.05) is 6.07 Å². The van der Waals surface area contributed by atoms with Crippen molar-refractivity contribution in [1.29, 1.82) is 0 Å². The summed E-state index contributed by atoms with van der Waals surface area (Å²) < 4.78 is 16.8. The van der Waals surface area contributed by atoms with Gasteiger partial charge < -0.3 is 19.5 Å². The first-order chi connectivity index (χ1) is 12.2. The Bertz CT molecular complexity index is 697. The maximum absolute atomic E-state index is 12.1. The van der Waals surface area contributed by atoms with E-state index in [0.29, 0.717) is 22.1 Å². The third-order valence-electron chi connectivity index (χ3n) is 4.33. The quantitative estimate of drug-likeness (QED) is 0.854. The summed E-state index contributed by atoms with van der Waals surface area (Å²) in [4.78, 5) is 16.7. The van der Waals surface area contributed by atoms with Crippen molar-refractivity contribution in [3.05, 3.63) is 34.8 Å². The average molecular weight is 362 g/mol. The number of nitrogens with zero attached hydrogens (tertiary/aromatic N) is 1. The molecule has 25 heavy (non-hydrogen) atoms. The van der Waals surface area contributed by atoms with Crippen molar-refractivity contribution < 1.29 is 19.0 Å². The summed E-state index contributed by atoms with van der Waals surface area (Å²) in [5.41, 5.74) is 1.67. The highest BCUT2D eigenvalue weighted by molar-refractivity contribution is 7.11. The molecule has 0 bridgehead atoms. The summed E-state index contributed by atoms with van der Waals surface area (Å²) in [5, 5.41) is 3.08. The zero-order chi connectivity index (χ0) is 17.6. The zero-order valence-corrected chi connectivity index (χ0v) is 15.2. The number of carbonyl (C=O) groups excluding carboxylic acids is 1. The molecule has 6 nitrogen and oxygen atoms in total. The van der Waals surface area contributed by atoms with Crippen LogP contribution in [0.2, 0.25) is 0 Å². The molecule has 0 radical (unpaired) electrons. The lowest BCUT2D eigenvalue weighted by atomic mass is 9.93. The van der Waals surface area contributed by atoms with Gasteiger partial charge in [0.25, 0.3) is 5.91 Å². The van der Waals surface area contributed by atoms with Crippen molar-refractivity contribution in [3.63, 3.8) is 0 Å². The van der Waals surface area contributed by atoms with Gasteiger partial charge in [-0.2, -0.15) is 0 Å². The molecule has 1 amide bonds. The van der Waals surface area contributed by atoms with Gasteiger partial charge in [0.1, 0.15) is 4.88 Å². The van der Waals surface area contributed by atoms with Gasteiger partial charge >= 0.3 is 0 Å². The minimum Gasteiger partial charge on any atom is -0.493 e. The summed E-state index contributed by atoms with van der Waals surface area (Å²) in [7, 11) is 3.22. The average Bonchev–Trinajstić information content (AvgIpc) is 3.18. The molecule has 1 aromatic carbocycles. The van der Waals surface area contributed by atoms with Crippen LogP contribution in [-0.4, -0.2) is 37.3 Å². The minimum atomic E-state index is -0.0404. The molecule has 1 N–H and O–H groups in total. The van der Waals surface area contributed by atoms with E-state index in [1.165, 1.54) is 11.3 Å². The lowest BCUT2D eigenvalue weighted by Gasteiger charge is -2.30. The summed E-state index contributed by atoms with van der Waals surface area (Å²) in [6, 6.07) is 5.80. The van der Waals surface area contributed by atoms with Crippen LogP contribution in [-0.2, 0) is 0 Å². The molecule has 134 valence electrons. The molecule has 0 atom stereocenters. The van der Waals surface area contributed by atoms with Crippen LogP contribution in [0.25, 0.3) is 0 Å². The second-order valence-electron chi connectivity index (χ2n) is 5.92. The Balaban J connectivity index is 1.54. The van der Waals surface area contributed by atoms with Crippen LogP contribution in [0.15, 0.2) is 29.9 Å². The number of amides is 1. The van der Waals surface area contributed by atoms with Crippen molar-refractivity contribution in [2.45, 2.75) is 37.8 Å². The van der Waals surface area contributed by atoms with Crippen molar-refractivity contribution >= 4 is 17.2 Å². The summed E-state index contributed by atoms with van der Waals surface area (Å²) in [6.45, 7) is 0. The molecular formula is C18H22N2O4S. The maximum atomic E-state index is 12.1. The number of para-hydroxylation sites is 1. The molecular weight excluding hydrogens is 340 g/mol. The zero-order valence-electron chi connectivity index (χ0n) is 14.4.